The molecule has 0 N–H and O–H groups in total. The number of fused-ring (bicyclic) bond motifs is 3. The highest BCUT2D eigenvalue weighted by Gasteiger charge is 2.38. The Bertz CT molecular complexity index is 2450. The van der Waals surface area contributed by atoms with Crippen LogP contribution in [0.2, 0.25) is 0 Å². The van der Waals surface area contributed by atoms with Gasteiger partial charge in [-0.15, -0.1) is 0 Å². The molecule has 0 bridgehead atoms. The monoisotopic (exact) mass is 680 g/mol. The SMILES string of the molecule is CC1(C)c2ccccc2-c2cccc(N(c3ccc(-c4ccccc4)cc3)c3ccc(-c4ccc(N(c5ccccc5)c5ccccc5)cc4)cc3)c21. The quantitative estimate of drug-likeness (QED) is 0.158. The van der Waals surface area contributed by atoms with Crippen LogP contribution in [0.5, 0.6) is 0 Å². The van der Waals surface area contributed by atoms with E-state index >= 15 is 0 Å². The first-order valence-electron chi connectivity index (χ1n) is 18.4. The van der Waals surface area contributed by atoms with E-state index < -0.39 is 0 Å². The van der Waals surface area contributed by atoms with E-state index in [0.29, 0.717) is 0 Å². The van der Waals surface area contributed by atoms with Gasteiger partial charge in [0.05, 0.1) is 5.69 Å². The molecule has 53 heavy (non-hydrogen) atoms. The lowest BCUT2D eigenvalue weighted by Crippen LogP contribution is -2.20. The van der Waals surface area contributed by atoms with Crippen LogP contribution in [0.15, 0.2) is 206 Å². The number of benzene rings is 8. The second-order valence-corrected chi connectivity index (χ2v) is 14.2. The van der Waals surface area contributed by atoms with Gasteiger partial charge in [-0.05, 0) is 111 Å². The van der Waals surface area contributed by atoms with Gasteiger partial charge in [0, 0.05) is 33.9 Å². The zero-order valence-electron chi connectivity index (χ0n) is 30.0. The lowest BCUT2D eigenvalue weighted by molar-refractivity contribution is 0.661. The summed E-state index contributed by atoms with van der Waals surface area (Å²) in [5.41, 5.74) is 16.8. The molecule has 0 spiro atoms. The highest BCUT2D eigenvalue weighted by atomic mass is 15.1. The molecule has 0 fully saturated rings. The zero-order valence-corrected chi connectivity index (χ0v) is 30.0. The van der Waals surface area contributed by atoms with Gasteiger partial charge in [0.2, 0.25) is 0 Å². The fourth-order valence-electron chi connectivity index (χ4n) is 8.07. The molecule has 2 nitrogen and oxygen atoms in total. The van der Waals surface area contributed by atoms with Gasteiger partial charge in [-0.25, -0.2) is 0 Å². The number of rotatable bonds is 8. The zero-order chi connectivity index (χ0) is 35.8. The minimum atomic E-state index is -0.153. The summed E-state index contributed by atoms with van der Waals surface area (Å²) in [6, 6.07) is 74.3. The van der Waals surface area contributed by atoms with Crippen molar-refractivity contribution in [3.8, 4) is 33.4 Å². The largest absolute Gasteiger partial charge is 0.311 e. The second-order valence-electron chi connectivity index (χ2n) is 14.2. The molecule has 8 aromatic carbocycles. The van der Waals surface area contributed by atoms with Crippen molar-refractivity contribution in [2.24, 2.45) is 0 Å². The van der Waals surface area contributed by atoms with Gasteiger partial charge in [0.1, 0.15) is 0 Å². The Morgan fingerprint density at radius 1 is 0.302 bits per heavy atom. The van der Waals surface area contributed by atoms with Crippen molar-refractivity contribution in [1.29, 1.82) is 0 Å². The molecular formula is C51H40N2. The standard InChI is InChI=1S/C51H40N2/c1-51(2)48-23-13-12-21-46(48)47-22-14-24-49(50(47)51)53(44-33-27-38(28-34-44)37-15-6-3-7-16-37)45-35-29-40(30-36-45)39-25-31-43(32-26-39)52(41-17-8-4-9-18-41)42-19-10-5-11-20-42/h3-36H,1-2H3. The van der Waals surface area contributed by atoms with Crippen LogP contribution in [-0.2, 0) is 5.41 Å². The van der Waals surface area contributed by atoms with Crippen LogP contribution in [0.25, 0.3) is 33.4 Å². The third-order valence-electron chi connectivity index (χ3n) is 10.6. The van der Waals surface area contributed by atoms with Crippen LogP contribution in [0.1, 0.15) is 25.0 Å². The molecule has 9 rings (SSSR count). The van der Waals surface area contributed by atoms with Crippen molar-refractivity contribution in [2.45, 2.75) is 19.3 Å². The Labute approximate surface area is 312 Å². The number of anilines is 6. The van der Waals surface area contributed by atoms with Crippen LogP contribution in [0, 0.1) is 0 Å². The van der Waals surface area contributed by atoms with E-state index in [1.165, 1.54) is 50.2 Å². The third-order valence-corrected chi connectivity index (χ3v) is 10.6. The van der Waals surface area contributed by atoms with E-state index in [9.17, 15) is 0 Å². The fraction of sp³-hybridized carbons (Fsp3) is 0.0588. The van der Waals surface area contributed by atoms with Gasteiger partial charge in [0.15, 0.2) is 0 Å². The molecule has 0 aromatic heterocycles. The summed E-state index contributed by atoms with van der Waals surface area (Å²) in [6.07, 6.45) is 0. The summed E-state index contributed by atoms with van der Waals surface area (Å²) in [5.74, 6) is 0. The highest BCUT2D eigenvalue weighted by Crippen LogP contribution is 2.54. The minimum Gasteiger partial charge on any atom is -0.311 e. The third kappa shape index (κ3) is 5.89. The second kappa shape index (κ2) is 13.5. The fourth-order valence-corrected chi connectivity index (χ4v) is 8.07. The Morgan fingerprint density at radius 3 is 1.19 bits per heavy atom. The van der Waals surface area contributed by atoms with E-state index in [2.05, 4.69) is 230 Å². The molecule has 8 aromatic rings. The van der Waals surface area contributed by atoms with Gasteiger partial charge in [-0.3, -0.25) is 0 Å². The average Bonchev–Trinajstić information content (AvgIpc) is 3.46. The molecule has 0 aliphatic heterocycles. The summed E-state index contributed by atoms with van der Waals surface area (Å²) in [5, 5.41) is 0. The molecule has 0 amide bonds. The Kier molecular flexibility index (Phi) is 8.21. The van der Waals surface area contributed by atoms with Crippen LogP contribution in [0.4, 0.5) is 34.1 Å². The van der Waals surface area contributed by atoms with Gasteiger partial charge in [-0.2, -0.15) is 0 Å². The van der Waals surface area contributed by atoms with E-state index in [1.54, 1.807) is 0 Å². The van der Waals surface area contributed by atoms with Crippen LogP contribution < -0.4 is 9.80 Å². The number of hydrogen-bond donors (Lipinski definition) is 0. The Hall–Kier alpha value is -6.64. The molecule has 2 heteroatoms. The highest BCUT2D eigenvalue weighted by molar-refractivity contribution is 5.91. The first kappa shape index (κ1) is 32.3. The van der Waals surface area contributed by atoms with E-state index in [0.717, 1.165) is 28.4 Å². The van der Waals surface area contributed by atoms with Crippen molar-refractivity contribution >= 4 is 34.1 Å². The first-order chi connectivity index (χ1) is 26.1. The number of nitrogens with zero attached hydrogens (tertiary/aromatic N) is 2. The van der Waals surface area contributed by atoms with E-state index in [-0.39, 0.29) is 5.41 Å². The molecule has 1 aliphatic carbocycles. The topological polar surface area (TPSA) is 6.48 Å². The lowest BCUT2D eigenvalue weighted by atomic mass is 9.81. The molecule has 0 saturated carbocycles. The smallest absolute Gasteiger partial charge is 0.0508 e. The maximum atomic E-state index is 2.44. The molecule has 0 atom stereocenters. The molecule has 254 valence electrons. The predicted molar refractivity (Wildman–Crippen MR) is 224 cm³/mol. The molecule has 0 heterocycles. The van der Waals surface area contributed by atoms with Crippen LogP contribution in [-0.4, -0.2) is 0 Å². The maximum Gasteiger partial charge on any atom is 0.0508 e. The van der Waals surface area contributed by atoms with Crippen LogP contribution in [0.3, 0.4) is 0 Å². The predicted octanol–water partition coefficient (Wildman–Crippen LogP) is 14.3. The molecule has 0 saturated heterocycles. The Balaban J connectivity index is 1.10. The average molecular weight is 681 g/mol. The van der Waals surface area contributed by atoms with Crippen molar-refractivity contribution in [3.05, 3.63) is 217 Å². The molecular weight excluding hydrogens is 641 g/mol. The molecule has 1 aliphatic rings. The number of hydrogen-bond acceptors (Lipinski definition) is 2. The molecule has 0 unspecified atom stereocenters. The van der Waals surface area contributed by atoms with E-state index in [4.69, 9.17) is 0 Å². The first-order valence-corrected chi connectivity index (χ1v) is 18.4. The van der Waals surface area contributed by atoms with Gasteiger partial charge in [-0.1, -0.05) is 153 Å². The summed E-state index contributed by atoms with van der Waals surface area (Å²) in [6.45, 7) is 4.72. The Morgan fingerprint density at radius 2 is 0.679 bits per heavy atom. The van der Waals surface area contributed by atoms with Gasteiger partial charge >= 0.3 is 0 Å². The lowest BCUT2D eigenvalue weighted by Gasteiger charge is -2.32. The number of para-hydroxylation sites is 2. The van der Waals surface area contributed by atoms with Gasteiger partial charge in [0.25, 0.3) is 0 Å². The van der Waals surface area contributed by atoms with Crippen LogP contribution >= 0.6 is 0 Å². The van der Waals surface area contributed by atoms with Crippen molar-refractivity contribution in [1.82, 2.24) is 0 Å². The normalized spacial score (nSPS) is 12.5. The summed E-state index contributed by atoms with van der Waals surface area (Å²) in [4.78, 5) is 4.73. The van der Waals surface area contributed by atoms with Gasteiger partial charge < -0.3 is 9.80 Å². The van der Waals surface area contributed by atoms with E-state index in [1.807, 2.05) is 0 Å². The summed E-state index contributed by atoms with van der Waals surface area (Å²) >= 11 is 0. The maximum absolute atomic E-state index is 2.44. The summed E-state index contributed by atoms with van der Waals surface area (Å²) in [7, 11) is 0. The van der Waals surface area contributed by atoms with Crippen molar-refractivity contribution in [3.63, 3.8) is 0 Å². The molecule has 0 radical (unpaired) electrons. The summed E-state index contributed by atoms with van der Waals surface area (Å²) < 4.78 is 0. The minimum absolute atomic E-state index is 0.153. The van der Waals surface area contributed by atoms with Crippen molar-refractivity contribution in [2.75, 3.05) is 9.80 Å². The van der Waals surface area contributed by atoms with Crippen molar-refractivity contribution < 1.29 is 0 Å².